The Hall–Kier alpha value is -0.520. The molecular weight excluding hydrogens is 228 g/mol. The van der Waals surface area contributed by atoms with Crippen LogP contribution in [-0.2, 0) is 5.75 Å². The van der Waals surface area contributed by atoms with Crippen LogP contribution < -0.4 is 0 Å². The normalized spacial score (nSPS) is 10.5. The predicted octanol–water partition coefficient (Wildman–Crippen LogP) is 3.08. The van der Waals surface area contributed by atoms with E-state index in [0.717, 1.165) is 28.3 Å². The van der Waals surface area contributed by atoms with E-state index in [4.69, 9.17) is 16.0 Å². The molecule has 0 aliphatic heterocycles. The van der Waals surface area contributed by atoms with Crippen molar-refractivity contribution >= 4 is 35.1 Å². The van der Waals surface area contributed by atoms with Gasteiger partial charge in [0, 0.05) is 0 Å². The van der Waals surface area contributed by atoms with Gasteiger partial charge in [-0.2, -0.15) is 8.75 Å². The van der Waals surface area contributed by atoms with Crippen molar-refractivity contribution in [2.24, 2.45) is 0 Å². The molecule has 0 aliphatic rings. The standard InChI is InChI=1S/C7H5ClN2OS2/c8-6-7(10-13-9-6)12-4-5-2-1-3-11-5/h1-3H,4H2. The first-order chi connectivity index (χ1) is 6.36. The van der Waals surface area contributed by atoms with Gasteiger partial charge in [-0.05, 0) is 12.1 Å². The molecule has 0 fully saturated rings. The van der Waals surface area contributed by atoms with Crippen LogP contribution in [0, 0.1) is 0 Å². The lowest BCUT2D eigenvalue weighted by Gasteiger charge is -1.92. The Bertz CT molecular complexity index is 374. The topological polar surface area (TPSA) is 38.9 Å². The van der Waals surface area contributed by atoms with E-state index in [-0.39, 0.29) is 0 Å². The molecule has 0 amide bonds. The molecule has 0 saturated carbocycles. The Morgan fingerprint density at radius 2 is 2.46 bits per heavy atom. The monoisotopic (exact) mass is 232 g/mol. The summed E-state index contributed by atoms with van der Waals surface area (Å²) in [5.41, 5.74) is 0. The van der Waals surface area contributed by atoms with E-state index < -0.39 is 0 Å². The van der Waals surface area contributed by atoms with E-state index in [1.54, 1.807) is 6.26 Å². The van der Waals surface area contributed by atoms with E-state index in [9.17, 15) is 0 Å². The fourth-order valence-electron chi connectivity index (χ4n) is 0.790. The average molecular weight is 233 g/mol. The Morgan fingerprint density at radius 1 is 1.54 bits per heavy atom. The molecule has 0 atom stereocenters. The van der Waals surface area contributed by atoms with Gasteiger partial charge in [0.05, 0.1) is 23.7 Å². The molecule has 2 heterocycles. The number of hydrogen-bond acceptors (Lipinski definition) is 5. The summed E-state index contributed by atoms with van der Waals surface area (Å²) in [7, 11) is 0. The van der Waals surface area contributed by atoms with Gasteiger partial charge in [-0.15, -0.1) is 0 Å². The molecule has 0 bridgehead atoms. The molecule has 0 N–H and O–H groups in total. The third-order valence-corrected chi connectivity index (χ3v) is 3.46. The summed E-state index contributed by atoms with van der Waals surface area (Å²) in [6.07, 6.45) is 1.65. The second kappa shape index (κ2) is 4.13. The van der Waals surface area contributed by atoms with Crippen molar-refractivity contribution in [3.8, 4) is 0 Å². The molecule has 3 nitrogen and oxygen atoms in total. The van der Waals surface area contributed by atoms with Crippen molar-refractivity contribution in [1.29, 1.82) is 0 Å². The van der Waals surface area contributed by atoms with Crippen LogP contribution in [0.4, 0.5) is 0 Å². The second-order valence-corrected chi connectivity index (χ2v) is 4.08. The number of rotatable bonds is 3. The zero-order valence-electron chi connectivity index (χ0n) is 6.44. The average Bonchev–Trinajstić information content (AvgIpc) is 2.72. The van der Waals surface area contributed by atoms with Crippen LogP contribution in [0.3, 0.4) is 0 Å². The van der Waals surface area contributed by atoms with Crippen LogP contribution in [0.1, 0.15) is 5.76 Å². The van der Waals surface area contributed by atoms with E-state index >= 15 is 0 Å². The quantitative estimate of drug-likeness (QED) is 0.763. The van der Waals surface area contributed by atoms with Gasteiger partial charge in [0.15, 0.2) is 5.15 Å². The van der Waals surface area contributed by atoms with Gasteiger partial charge in [0.2, 0.25) is 0 Å². The van der Waals surface area contributed by atoms with Gasteiger partial charge in [0.25, 0.3) is 0 Å². The van der Waals surface area contributed by atoms with Gasteiger partial charge in [-0.1, -0.05) is 23.4 Å². The summed E-state index contributed by atoms with van der Waals surface area (Å²) < 4.78 is 13.1. The van der Waals surface area contributed by atoms with Crippen molar-refractivity contribution in [1.82, 2.24) is 8.75 Å². The Morgan fingerprint density at radius 3 is 3.08 bits per heavy atom. The minimum Gasteiger partial charge on any atom is -0.468 e. The van der Waals surface area contributed by atoms with Crippen LogP contribution in [0.2, 0.25) is 5.15 Å². The molecule has 2 rings (SSSR count). The summed E-state index contributed by atoms with van der Waals surface area (Å²) in [4.78, 5) is 0. The lowest BCUT2D eigenvalue weighted by Crippen LogP contribution is -1.76. The van der Waals surface area contributed by atoms with Crippen molar-refractivity contribution in [3.05, 3.63) is 29.3 Å². The van der Waals surface area contributed by atoms with E-state index in [0.29, 0.717) is 5.15 Å². The zero-order chi connectivity index (χ0) is 9.10. The van der Waals surface area contributed by atoms with Crippen LogP contribution in [0.15, 0.2) is 27.8 Å². The maximum Gasteiger partial charge on any atom is 0.176 e. The van der Waals surface area contributed by atoms with Crippen LogP contribution in [-0.4, -0.2) is 8.75 Å². The van der Waals surface area contributed by atoms with E-state index in [2.05, 4.69) is 8.75 Å². The largest absolute Gasteiger partial charge is 0.468 e. The third-order valence-electron chi connectivity index (χ3n) is 1.35. The summed E-state index contributed by atoms with van der Waals surface area (Å²) in [5, 5.41) is 1.24. The highest BCUT2D eigenvalue weighted by molar-refractivity contribution is 7.98. The lowest BCUT2D eigenvalue weighted by molar-refractivity contribution is 0.530. The molecule has 13 heavy (non-hydrogen) atoms. The highest BCUT2D eigenvalue weighted by Crippen LogP contribution is 2.27. The smallest absolute Gasteiger partial charge is 0.176 e. The minimum atomic E-state index is 0.474. The van der Waals surface area contributed by atoms with Crippen LogP contribution >= 0.6 is 35.1 Å². The van der Waals surface area contributed by atoms with Gasteiger partial charge in [0.1, 0.15) is 10.8 Å². The van der Waals surface area contributed by atoms with Gasteiger partial charge in [-0.25, -0.2) is 0 Å². The molecule has 0 saturated heterocycles. The molecule has 0 spiro atoms. The third kappa shape index (κ3) is 2.24. The first-order valence-electron chi connectivity index (χ1n) is 3.49. The van der Waals surface area contributed by atoms with Crippen LogP contribution in [0.25, 0.3) is 0 Å². The van der Waals surface area contributed by atoms with Crippen molar-refractivity contribution < 1.29 is 4.42 Å². The highest BCUT2D eigenvalue weighted by Gasteiger charge is 2.06. The summed E-state index contributed by atoms with van der Waals surface area (Å²) in [6.45, 7) is 0. The summed E-state index contributed by atoms with van der Waals surface area (Å²) in [5.74, 6) is 1.65. The maximum absolute atomic E-state index is 5.77. The Kier molecular flexibility index (Phi) is 2.87. The molecule has 0 radical (unpaired) electrons. The molecular formula is C7H5ClN2OS2. The van der Waals surface area contributed by atoms with E-state index in [1.165, 1.54) is 11.8 Å². The Labute approximate surface area is 88.4 Å². The molecule has 0 aliphatic carbocycles. The van der Waals surface area contributed by atoms with Crippen molar-refractivity contribution in [3.63, 3.8) is 0 Å². The number of aromatic nitrogens is 2. The molecule has 0 unspecified atom stereocenters. The first-order valence-corrected chi connectivity index (χ1v) is 5.59. The van der Waals surface area contributed by atoms with Crippen LogP contribution in [0.5, 0.6) is 0 Å². The molecule has 68 valence electrons. The SMILES string of the molecule is Clc1nsnc1SCc1ccco1. The molecule has 2 aromatic heterocycles. The number of furan rings is 1. The number of hydrogen-bond donors (Lipinski definition) is 0. The second-order valence-electron chi connectivity index (χ2n) is 2.23. The molecule has 2 aromatic rings. The summed E-state index contributed by atoms with van der Waals surface area (Å²) in [6, 6.07) is 3.78. The molecule has 0 aromatic carbocycles. The zero-order valence-corrected chi connectivity index (χ0v) is 8.83. The number of thioether (sulfide) groups is 1. The first kappa shape index (κ1) is 9.05. The maximum atomic E-state index is 5.77. The number of halogens is 1. The minimum absolute atomic E-state index is 0.474. The fraction of sp³-hybridized carbons (Fsp3) is 0.143. The number of nitrogens with zero attached hydrogens (tertiary/aromatic N) is 2. The Balaban J connectivity index is 1.97. The van der Waals surface area contributed by atoms with Gasteiger partial charge >= 0.3 is 0 Å². The van der Waals surface area contributed by atoms with Gasteiger partial charge in [-0.3, -0.25) is 0 Å². The van der Waals surface area contributed by atoms with Gasteiger partial charge < -0.3 is 4.42 Å². The van der Waals surface area contributed by atoms with E-state index in [1.807, 2.05) is 12.1 Å². The lowest BCUT2D eigenvalue weighted by atomic mass is 10.5. The molecule has 6 heteroatoms. The fourth-order valence-corrected chi connectivity index (χ4v) is 2.47. The van der Waals surface area contributed by atoms with Crippen molar-refractivity contribution in [2.45, 2.75) is 10.8 Å². The van der Waals surface area contributed by atoms with Crippen molar-refractivity contribution in [2.75, 3.05) is 0 Å². The predicted molar refractivity (Wildman–Crippen MR) is 53.2 cm³/mol. The summed E-state index contributed by atoms with van der Waals surface area (Å²) >= 11 is 8.41. The highest BCUT2D eigenvalue weighted by atomic mass is 35.5.